The van der Waals surface area contributed by atoms with Crippen molar-refractivity contribution in [2.24, 2.45) is 0 Å². The van der Waals surface area contributed by atoms with Crippen LogP contribution in [0.25, 0.3) is 0 Å². The lowest BCUT2D eigenvalue weighted by molar-refractivity contribution is -0.139. The van der Waals surface area contributed by atoms with Crippen LogP contribution in [0.5, 0.6) is 0 Å². The number of aliphatic carboxylic acids is 1. The van der Waals surface area contributed by atoms with E-state index in [9.17, 15) is 9.90 Å². The molecule has 0 aliphatic carbocycles. The van der Waals surface area contributed by atoms with E-state index in [-0.39, 0.29) is 6.42 Å². The van der Waals surface area contributed by atoms with E-state index in [2.05, 4.69) is 15.9 Å². The molecule has 4 heteroatoms. The van der Waals surface area contributed by atoms with Crippen LogP contribution in [0.2, 0.25) is 0 Å². The minimum Gasteiger partial charge on any atom is -0.481 e. The molecular weight excluding hydrogens is 236 g/mol. The smallest absolute Gasteiger partial charge is 0.306 e. The van der Waals surface area contributed by atoms with Gasteiger partial charge in [-0.2, -0.15) is 0 Å². The Morgan fingerprint density at radius 2 is 2.23 bits per heavy atom. The van der Waals surface area contributed by atoms with E-state index >= 15 is 0 Å². The average Bonchev–Trinajstić information content (AvgIpc) is 2.03. The molecule has 0 aliphatic heterocycles. The van der Waals surface area contributed by atoms with Crippen LogP contribution in [-0.4, -0.2) is 16.2 Å². The predicted octanol–water partition coefficient (Wildman–Crippen LogP) is 1.96. The molecule has 2 N–H and O–H groups in total. The molecule has 0 aromatic heterocycles. The van der Waals surface area contributed by atoms with Gasteiger partial charge in [0.1, 0.15) is 0 Å². The molecule has 0 heterocycles. The SMILES string of the molecule is O=C(O)C[C@@H](O)c1cccc(Br)c1. The first-order valence-electron chi connectivity index (χ1n) is 3.75. The molecule has 0 spiro atoms. The summed E-state index contributed by atoms with van der Waals surface area (Å²) in [5.41, 5.74) is 0.608. The Morgan fingerprint density at radius 3 is 2.77 bits per heavy atom. The van der Waals surface area contributed by atoms with Gasteiger partial charge in [0.15, 0.2) is 0 Å². The van der Waals surface area contributed by atoms with Gasteiger partial charge < -0.3 is 10.2 Å². The van der Waals surface area contributed by atoms with Gasteiger partial charge in [0, 0.05) is 4.47 Å². The maximum atomic E-state index is 10.3. The fourth-order valence-corrected chi connectivity index (χ4v) is 1.41. The van der Waals surface area contributed by atoms with Crippen LogP contribution in [-0.2, 0) is 4.79 Å². The highest BCUT2D eigenvalue weighted by molar-refractivity contribution is 9.10. The van der Waals surface area contributed by atoms with Gasteiger partial charge in [-0.15, -0.1) is 0 Å². The van der Waals surface area contributed by atoms with E-state index in [1.165, 1.54) is 0 Å². The Balaban J connectivity index is 2.76. The zero-order chi connectivity index (χ0) is 9.84. The van der Waals surface area contributed by atoms with Crippen molar-refractivity contribution in [1.29, 1.82) is 0 Å². The number of hydrogen-bond donors (Lipinski definition) is 2. The van der Waals surface area contributed by atoms with E-state index in [4.69, 9.17) is 5.11 Å². The third kappa shape index (κ3) is 3.16. The normalized spacial score (nSPS) is 12.5. The van der Waals surface area contributed by atoms with E-state index in [0.717, 1.165) is 4.47 Å². The fraction of sp³-hybridized carbons (Fsp3) is 0.222. The first-order chi connectivity index (χ1) is 6.09. The van der Waals surface area contributed by atoms with Gasteiger partial charge in [-0.25, -0.2) is 0 Å². The van der Waals surface area contributed by atoms with E-state index in [0.29, 0.717) is 5.56 Å². The number of aliphatic hydroxyl groups is 1. The topological polar surface area (TPSA) is 57.5 Å². The zero-order valence-corrected chi connectivity index (χ0v) is 8.36. The number of rotatable bonds is 3. The first-order valence-corrected chi connectivity index (χ1v) is 4.54. The van der Waals surface area contributed by atoms with Crippen molar-refractivity contribution in [2.45, 2.75) is 12.5 Å². The summed E-state index contributed by atoms with van der Waals surface area (Å²) in [7, 11) is 0. The van der Waals surface area contributed by atoms with Crippen molar-refractivity contribution in [1.82, 2.24) is 0 Å². The molecule has 13 heavy (non-hydrogen) atoms. The summed E-state index contributed by atoms with van der Waals surface area (Å²) in [4.78, 5) is 10.3. The van der Waals surface area contributed by atoms with Crippen LogP contribution in [0.3, 0.4) is 0 Å². The van der Waals surface area contributed by atoms with Gasteiger partial charge in [0.05, 0.1) is 12.5 Å². The third-order valence-electron chi connectivity index (χ3n) is 1.60. The van der Waals surface area contributed by atoms with Crippen molar-refractivity contribution >= 4 is 21.9 Å². The first kappa shape index (κ1) is 10.2. The minimum absolute atomic E-state index is 0.267. The van der Waals surface area contributed by atoms with Gasteiger partial charge in [-0.1, -0.05) is 28.1 Å². The Labute approximate surface area is 84.1 Å². The highest BCUT2D eigenvalue weighted by Crippen LogP contribution is 2.20. The molecule has 0 radical (unpaired) electrons. The van der Waals surface area contributed by atoms with Crippen molar-refractivity contribution in [2.75, 3.05) is 0 Å². The maximum Gasteiger partial charge on any atom is 0.306 e. The number of aliphatic hydroxyl groups excluding tert-OH is 1. The number of carboxylic acid groups (broad SMARTS) is 1. The van der Waals surface area contributed by atoms with Gasteiger partial charge in [0.2, 0.25) is 0 Å². The second kappa shape index (κ2) is 4.39. The predicted molar refractivity (Wildman–Crippen MR) is 51.4 cm³/mol. The summed E-state index contributed by atoms with van der Waals surface area (Å²) >= 11 is 3.24. The summed E-state index contributed by atoms with van der Waals surface area (Å²) in [6.45, 7) is 0. The van der Waals surface area contributed by atoms with E-state index in [1.54, 1.807) is 18.2 Å². The van der Waals surface area contributed by atoms with Gasteiger partial charge in [0.25, 0.3) is 0 Å². The molecule has 0 unspecified atom stereocenters. The molecule has 1 rings (SSSR count). The lowest BCUT2D eigenvalue weighted by Crippen LogP contribution is -2.05. The van der Waals surface area contributed by atoms with Gasteiger partial charge >= 0.3 is 5.97 Å². The van der Waals surface area contributed by atoms with Crippen molar-refractivity contribution in [3.63, 3.8) is 0 Å². The van der Waals surface area contributed by atoms with Crippen molar-refractivity contribution in [3.8, 4) is 0 Å². The van der Waals surface area contributed by atoms with E-state index < -0.39 is 12.1 Å². The van der Waals surface area contributed by atoms with E-state index in [1.807, 2.05) is 6.07 Å². The van der Waals surface area contributed by atoms with Crippen LogP contribution in [0.4, 0.5) is 0 Å². The molecule has 1 atom stereocenters. The summed E-state index contributed by atoms with van der Waals surface area (Å²) < 4.78 is 0.828. The standard InChI is InChI=1S/C9H9BrO3/c10-7-3-1-2-6(4-7)8(11)5-9(12)13/h1-4,8,11H,5H2,(H,12,13)/t8-/m1/s1. The average molecular weight is 245 g/mol. The van der Waals surface area contributed by atoms with Crippen LogP contribution in [0.15, 0.2) is 28.7 Å². The highest BCUT2D eigenvalue weighted by atomic mass is 79.9. The van der Waals surface area contributed by atoms with Crippen LogP contribution >= 0.6 is 15.9 Å². The Bertz CT molecular complexity index is 311. The lowest BCUT2D eigenvalue weighted by atomic mass is 10.1. The van der Waals surface area contributed by atoms with Crippen LogP contribution < -0.4 is 0 Å². The monoisotopic (exact) mass is 244 g/mol. The third-order valence-corrected chi connectivity index (χ3v) is 2.09. The Morgan fingerprint density at radius 1 is 1.54 bits per heavy atom. The number of benzene rings is 1. The molecule has 0 amide bonds. The Hall–Kier alpha value is -0.870. The second-order valence-corrected chi connectivity index (χ2v) is 3.58. The molecular formula is C9H9BrO3. The molecule has 0 aliphatic rings. The molecule has 0 fully saturated rings. The number of hydrogen-bond acceptors (Lipinski definition) is 2. The highest BCUT2D eigenvalue weighted by Gasteiger charge is 2.11. The largest absolute Gasteiger partial charge is 0.481 e. The molecule has 0 saturated carbocycles. The summed E-state index contributed by atoms with van der Waals surface area (Å²) in [5.74, 6) is -1.01. The Kier molecular flexibility index (Phi) is 3.45. The van der Waals surface area contributed by atoms with Crippen LogP contribution in [0, 0.1) is 0 Å². The van der Waals surface area contributed by atoms with Gasteiger partial charge in [-0.05, 0) is 17.7 Å². The summed E-state index contributed by atoms with van der Waals surface area (Å²) in [6.07, 6.45) is -1.20. The maximum absolute atomic E-state index is 10.3. The van der Waals surface area contributed by atoms with Crippen molar-refractivity contribution < 1.29 is 15.0 Å². The van der Waals surface area contributed by atoms with Crippen LogP contribution in [0.1, 0.15) is 18.1 Å². The molecule has 0 saturated heterocycles. The summed E-state index contributed by atoms with van der Waals surface area (Å²) in [6, 6.07) is 6.97. The number of halogens is 1. The minimum atomic E-state index is -1.01. The molecule has 3 nitrogen and oxygen atoms in total. The molecule has 1 aromatic rings. The second-order valence-electron chi connectivity index (χ2n) is 2.67. The molecule has 0 bridgehead atoms. The zero-order valence-electron chi connectivity index (χ0n) is 6.77. The van der Waals surface area contributed by atoms with Gasteiger partial charge in [-0.3, -0.25) is 4.79 Å². The number of carbonyl (C=O) groups is 1. The molecule has 1 aromatic carbocycles. The lowest BCUT2D eigenvalue weighted by Gasteiger charge is -2.07. The fourth-order valence-electron chi connectivity index (χ4n) is 0.997. The molecule has 70 valence electrons. The quantitative estimate of drug-likeness (QED) is 0.855. The van der Waals surface area contributed by atoms with Crippen molar-refractivity contribution in [3.05, 3.63) is 34.3 Å². The number of carboxylic acids is 1. The summed E-state index contributed by atoms with van der Waals surface area (Å²) in [5, 5.41) is 17.9.